The van der Waals surface area contributed by atoms with Crippen LogP contribution in [0.3, 0.4) is 0 Å². The lowest BCUT2D eigenvalue weighted by molar-refractivity contribution is -0.343. The summed E-state index contributed by atoms with van der Waals surface area (Å²) in [5, 5.41) is 8.81. The molecule has 0 bridgehead atoms. The van der Waals surface area contributed by atoms with Crippen molar-refractivity contribution in [3.8, 4) is 6.07 Å². The first kappa shape index (κ1) is 9.50. The van der Waals surface area contributed by atoms with Gasteiger partial charge in [0.2, 0.25) is 0 Å². The van der Waals surface area contributed by atoms with E-state index in [0.717, 1.165) is 6.42 Å². The minimum absolute atomic E-state index is 0.0586. The minimum Gasteiger partial charge on any atom is -0.351 e. The molecule has 0 aromatic carbocycles. The van der Waals surface area contributed by atoms with Crippen molar-refractivity contribution in [3.63, 3.8) is 0 Å². The van der Waals surface area contributed by atoms with E-state index in [2.05, 4.69) is 6.07 Å². The zero-order valence-corrected chi connectivity index (χ0v) is 8.05. The summed E-state index contributed by atoms with van der Waals surface area (Å²) in [7, 11) is 3.18. The van der Waals surface area contributed by atoms with Crippen molar-refractivity contribution in [1.29, 1.82) is 5.26 Å². The van der Waals surface area contributed by atoms with Gasteiger partial charge in [-0.3, -0.25) is 0 Å². The maximum absolute atomic E-state index is 8.81. The topological polar surface area (TPSA) is 42.2 Å². The van der Waals surface area contributed by atoms with Gasteiger partial charge >= 0.3 is 0 Å². The molecular formula is C9H15NO2. The average Bonchev–Trinajstić information content (AvgIpc) is 2.03. The Morgan fingerprint density at radius 3 is 2.00 bits per heavy atom. The van der Waals surface area contributed by atoms with Gasteiger partial charge in [-0.15, -0.1) is 0 Å². The van der Waals surface area contributed by atoms with Gasteiger partial charge in [0.1, 0.15) is 5.92 Å². The van der Waals surface area contributed by atoms with Gasteiger partial charge in [-0.25, -0.2) is 0 Å². The summed E-state index contributed by atoms with van der Waals surface area (Å²) in [6.07, 6.45) is 0.838. The molecule has 68 valence electrons. The van der Waals surface area contributed by atoms with Crippen molar-refractivity contribution in [2.45, 2.75) is 26.1 Å². The van der Waals surface area contributed by atoms with Crippen LogP contribution in [0.2, 0.25) is 0 Å². The second-order valence-electron chi connectivity index (χ2n) is 3.85. The molecule has 1 atom stereocenters. The van der Waals surface area contributed by atoms with Crippen LogP contribution in [0, 0.1) is 22.7 Å². The molecule has 1 unspecified atom stereocenters. The lowest BCUT2D eigenvalue weighted by atomic mass is 9.59. The van der Waals surface area contributed by atoms with Gasteiger partial charge in [0, 0.05) is 19.6 Å². The van der Waals surface area contributed by atoms with Crippen LogP contribution in [-0.2, 0) is 9.47 Å². The molecule has 3 heteroatoms. The number of methoxy groups -OCH3 is 2. The monoisotopic (exact) mass is 169 g/mol. The summed E-state index contributed by atoms with van der Waals surface area (Å²) in [6.45, 7) is 4.10. The Morgan fingerprint density at radius 1 is 1.33 bits per heavy atom. The summed E-state index contributed by atoms with van der Waals surface area (Å²) < 4.78 is 10.6. The largest absolute Gasteiger partial charge is 0.351 e. The molecular weight excluding hydrogens is 154 g/mol. The Hall–Kier alpha value is -0.590. The Balaban J connectivity index is 2.89. The second kappa shape index (κ2) is 2.72. The van der Waals surface area contributed by atoms with E-state index in [1.54, 1.807) is 14.2 Å². The maximum Gasteiger partial charge on any atom is 0.188 e. The fraction of sp³-hybridized carbons (Fsp3) is 0.889. The number of rotatable bonds is 2. The van der Waals surface area contributed by atoms with Gasteiger partial charge in [0.25, 0.3) is 0 Å². The molecule has 0 spiro atoms. The summed E-state index contributed by atoms with van der Waals surface area (Å²) in [4.78, 5) is 0. The third-order valence-electron chi connectivity index (χ3n) is 2.88. The highest BCUT2D eigenvalue weighted by molar-refractivity contribution is 5.12. The highest BCUT2D eigenvalue weighted by atomic mass is 16.7. The van der Waals surface area contributed by atoms with Crippen LogP contribution >= 0.6 is 0 Å². The van der Waals surface area contributed by atoms with Crippen molar-refractivity contribution < 1.29 is 9.47 Å². The number of nitriles is 1. The van der Waals surface area contributed by atoms with Crippen molar-refractivity contribution in [2.75, 3.05) is 14.2 Å². The standard InChI is InChI=1S/C9H15NO2/c1-8(2)5-7(6-10)9(8,11-3)12-4/h7H,5H2,1-4H3. The van der Waals surface area contributed by atoms with E-state index in [0.29, 0.717) is 0 Å². The van der Waals surface area contributed by atoms with Crippen molar-refractivity contribution in [2.24, 2.45) is 11.3 Å². The number of hydrogen-bond acceptors (Lipinski definition) is 3. The zero-order chi connectivity index (χ0) is 9.41. The second-order valence-corrected chi connectivity index (χ2v) is 3.85. The Labute approximate surface area is 73.3 Å². The molecule has 3 nitrogen and oxygen atoms in total. The molecule has 0 radical (unpaired) electrons. The molecule has 1 fully saturated rings. The van der Waals surface area contributed by atoms with Crippen LogP contribution < -0.4 is 0 Å². The highest BCUT2D eigenvalue weighted by Gasteiger charge is 2.62. The molecule has 0 saturated heterocycles. The fourth-order valence-corrected chi connectivity index (χ4v) is 2.18. The molecule has 0 heterocycles. The van der Waals surface area contributed by atoms with Crippen molar-refractivity contribution in [1.82, 2.24) is 0 Å². The highest BCUT2D eigenvalue weighted by Crippen LogP contribution is 2.55. The molecule has 0 N–H and O–H groups in total. The van der Waals surface area contributed by atoms with Gasteiger partial charge < -0.3 is 9.47 Å². The zero-order valence-electron chi connectivity index (χ0n) is 8.05. The van der Waals surface area contributed by atoms with Crippen molar-refractivity contribution in [3.05, 3.63) is 0 Å². The summed E-state index contributed by atoms with van der Waals surface area (Å²) in [5.41, 5.74) is -0.0586. The molecule has 1 rings (SSSR count). The molecule has 1 aliphatic rings. The summed E-state index contributed by atoms with van der Waals surface area (Å²) >= 11 is 0. The first-order chi connectivity index (χ1) is 5.54. The molecule has 1 aliphatic carbocycles. The lowest BCUT2D eigenvalue weighted by Crippen LogP contribution is -2.63. The smallest absolute Gasteiger partial charge is 0.188 e. The van der Waals surface area contributed by atoms with E-state index >= 15 is 0 Å². The first-order valence-electron chi connectivity index (χ1n) is 4.04. The predicted octanol–water partition coefficient (Wildman–Crippen LogP) is 1.55. The molecule has 12 heavy (non-hydrogen) atoms. The van der Waals surface area contributed by atoms with Gasteiger partial charge in [-0.05, 0) is 6.42 Å². The summed E-state index contributed by atoms with van der Waals surface area (Å²) in [6, 6.07) is 2.20. The lowest BCUT2D eigenvalue weighted by Gasteiger charge is -2.56. The van der Waals surface area contributed by atoms with E-state index in [9.17, 15) is 0 Å². The van der Waals surface area contributed by atoms with E-state index in [4.69, 9.17) is 14.7 Å². The number of hydrogen-bond donors (Lipinski definition) is 0. The third-order valence-corrected chi connectivity index (χ3v) is 2.88. The quantitative estimate of drug-likeness (QED) is 0.589. The SMILES string of the molecule is COC1(OC)C(C#N)CC1(C)C. The summed E-state index contributed by atoms with van der Waals surface area (Å²) in [5.74, 6) is -0.829. The van der Waals surface area contributed by atoms with Crippen molar-refractivity contribution >= 4 is 0 Å². The van der Waals surface area contributed by atoms with Gasteiger partial charge in [0.05, 0.1) is 6.07 Å². The average molecular weight is 169 g/mol. The maximum atomic E-state index is 8.81. The molecule has 0 aliphatic heterocycles. The van der Waals surface area contributed by atoms with Crippen LogP contribution in [-0.4, -0.2) is 20.0 Å². The normalized spacial score (nSPS) is 30.4. The van der Waals surface area contributed by atoms with Gasteiger partial charge in [0.15, 0.2) is 5.79 Å². The van der Waals surface area contributed by atoms with Crippen LogP contribution in [0.4, 0.5) is 0 Å². The number of ether oxygens (including phenoxy) is 2. The Kier molecular flexibility index (Phi) is 2.15. The van der Waals surface area contributed by atoms with E-state index in [-0.39, 0.29) is 11.3 Å². The number of nitrogens with zero attached hydrogens (tertiary/aromatic N) is 1. The van der Waals surface area contributed by atoms with Gasteiger partial charge in [-0.1, -0.05) is 13.8 Å². The first-order valence-corrected chi connectivity index (χ1v) is 4.04. The van der Waals surface area contributed by atoms with Crippen LogP contribution in [0.1, 0.15) is 20.3 Å². The van der Waals surface area contributed by atoms with E-state index < -0.39 is 5.79 Å². The van der Waals surface area contributed by atoms with Crippen LogP contribution in [0.15, 0.2) is 0 Å². The molecule has 0 aromatic rings. The molecule has 1 saturated carbocycles. The third kappa shape index (κ3) is 0.886. The fourth-order valence-electron chi connectivity index (χ4n) is 2.18. The molecule has 0 aromatic heterocycles. The van der Waals surface area contributed by atoms with Gasteiger partial charge in [-0.2, -0.15) is 5.26 Å². The minimum atomic E-state index is -0.693. The van der Waals surface area contributed by atoms with Crippen LogP contribution in [0.5, 0.6) is 0 Å². The Bertz CT molecular complexity index is 213. The van der Waals surface area contributed by atoms with E-state index in [1.807, 2.05) is 13.8 Å². The Morgan fingerprint density at radius 2 is 1.83 bits per heavy atom. The van der Waals surface area contributed by atoms with Crippen LogP contribution in [0.25, 0.3) is 0 Å². The molecule has 0 amide bonds. The predicted molar refractivity (Wildman–Crippen MR) is 44.3 cm³/mol. The van der Waals surface area contributed by atoms with E-state index in [1.165, 1.54) is 0 Å².